The van der Waals surface area contributed by atoms with E-state index in [0.29, 0.717) is 25.6 Å². The number of guanidine groups is 1. The molecule has 1 aliphatic heterocycles. The fourth-order valence-corrected chi connectivity index (χ4v) is 2.98. The van der Waals surface area contributed by atoms with Crippen LogP contribution in [0.2, 0.25) is 0 Å². The average molecular weight is 509 g/mol. The third-order valence-corrected chi connectivity index (χ3v) is 4.44. The Bertz CT molecular complexity index is 540. The number of likely N-dealkylation sites (tertiary alicyclic amines) is 1. The smallest absolute Gasteiger partial charge is 0.410 e. The van der Waals surface area contributed by atoms with Crippen molar-refractivity contribution in [3.05, 3.63) is 0 Å². The van der Waals surface area contributed by atoms with Gasteiger partial charge in [-0.05, 0) is 53.4 Å². The summed E-state index contributed by atoms with van der Waals surface area (Å²) in [5, 5.41) is 6.36. The van der Waals surface area contributed by atoms with Gasteiger partial charge in [-0.1, -0.05) is 0 Å². The standard InChI is InChI=1S/C19H35N5O3.HI/c1-5-20-17(22-14-16(25)23-11-6-7-12-23)21-10-13-24(15-8-9-15)18(26)27-19(2,3)4;/h15H,5-14H2,1-4H3,(H2,20,21,22);1H. The first kappa shape index (κ1) is 24.8. The minimum Gasteiger partial charge on any atom is -0.444 e. The van der Waals surface area contributed by atoms with Gasteiger partial charge in [-0.2, -0.15) is 0 Å². The Labute approximate surface area is 185 Å². The molecule has 28 heavy (non-hydrogen) atoms. The molecule has 0 unspecified atom stereocenters. The van der Waals surface area contributed by atoms with Crippen molar-refractivity contribution in [3.8, 4) is 0 Å². The van der Waals surface area contributed by atoms with E-state index in [-0.39, 0.29) is 48.6 Å². The molecule has 8 nitrogen and oxygen atoms in total. The Morgan fingerprint density at radius 3 is 2.36 bits per heavy atom. The number of carbonyl (C=O) groups excluding carboxylic acids is 2. The van der Waals surface area contributed by atoms with Crippen LogP contribution in [0.15, 0.2) is 4.99 Å². The molecule has 1 saturated carbocycles. The number of nitrogens with one attached hydrogen (secondary N) is 2. The van der Waals surface area contributed by atoms with Crippen LogP contribution < -0.4 is 10.6 Å². The molecule has 0 spiro atoms. The predicted octanol–water partition coefficient (Wildman–Crippen LogP) is 2.18. The van der Waals surface area contributed by atoms with Crippen molar-refractivity contribution in [2.75, 3.05) is 39.3 Å². The lowest BCUT2D eigenvalue weighted by molar-refractivity contribution is -0.128. The topological polar surface area (TPSA) is 86.3 Å². The molecule has 0 aromatic carbocycles. The van der Waals surface area contributed by atoms with Gasteiger partial charge in [0.05, 0.1) is 0 Å². The number of amides is 2. The SMILES string of the molecule is CCNC(=NCC(=O)N1CCCC1)NCCN(C(=O)OC(C)(C)C)C1CC1.I. The molecule has 0 bridgehead atoms. The van der Waals surface area contributed by atoms with Gasteiger partial charge in [0.25, 0.3) is 0 Å². The lowest BCUT2D eigenvalue weighted by Crippen LogP contribution is -2.45. The van der Waals surface area contributed by atoms with Gasteiger partial charge in [0, 0.05) is 38.8 Å². The molecule has 2 N–H and O–H groups in total. The van der Waals surface area contributed by atoms with Crippen LogP contribution in [0, 0.1) is 0 Å². The van der Waals surface area contributed by atoms with Gasteiger partial charge in [0.1, 0.15) is 12.1 Å². The molecule has 2 amide bonds. The number of hydrogen-bond acceptors (Lipinski definition) is 4. The molecule has 2 fully saturated rings. The second kappa shape index (κ2) is 11.7. The zero-order valence-corrected chi connectivity index (χ0v) is 20.0. The number of hydrogen-bond donors (Lipinski definition) is 2. The fraction of sp³-hybridized carbons (Fsp3) is 0.842. The molecule has 0 aromatic heterocycles. The normalized spacial score (nSPS) is 17.0. The molecule has 162 valence electrons. The molecule has 1 heterocycles. The van der Waals surface area contributed by atoms with E-state index in [2.05, 4.69) is 15.6 Å². The Kier molecular flexibility index (Phi) is 10.3. The van der Waals surface area contributed by atoms with E-state index in [9.17, 15) is 9.59 Å². The lowest BCUT2D eigenvalue weighted by atomic mass is 10.2. The first-order valence-electron chi connectivity index (χ1n) is 10.1. The van der Waals surface area contributed by atoms with Crippen molar-refractivity contribution < 1.29 is 14.3 Å². The van der Waals surface area contributed by atoms with E-state index >= 15 is 0 Å². The summed E-state index contributed by atoms with van der Waals surface area (Å²) in [5.41, 5.74) is -0.496. The molecule has 0 atom stereocenters. The van der Waals surface area contributed by atoms with Crippen LogP contribution in [0.5, 0.6) is 0 Å². The van der Waals surface area contributed by atoms with E-state index in [0.717, 1.165) is 38.8 Å². The van der Waals surface area contributed by atoms with Crippen LogP contribution in [0.25, 0.3) is 0 Å². The minimum absolute atomic E-state index is 0. The maximum atomic E-state index is 12.4. The Hall–Kier alpha value is -1.26. The fourth-order valence-electron chi connectivity index (χ4n) is 2.98. The van der Waals surface area contributed by atoms with Crippen LogP contribution in [-0.2, 0) is 9.53 Å². The molecule has 1 aliphatic carbocycles. The van der Waals surface area contributed by atoms with Crippen LogP contribution in [0.1, 0.15) is 53.4 Å². The van der Waals surface area contributed by atoms with Gasteiger partial charge in [0.2, 0.25) is 5.91 Å². The predicted molar refractivity (Wildman–Crippen MR) is 121 cm³/mol. The van der Waals surface area contributed by atoms with E-state index in [1.165, 1.54) is 0 Å². The van der Waals surface area contributed by atoms with Gasteiger partial charge >= 0.3 is 6.09 Å². The second-order valence-corrected chi connectivity index (χ2v) is 8.11. The van der Waals surface area contributed by atoms with Crippen molar-refractivity contribution in [1.82, 2.24) is 20.4 Å². The third kappa shape index (κ3) is 8.83. The van der Waals surface area contributed by atoms with Gasteiger partial charge < -0.3 is 25.2 Å². The van der Waals surface area contributed by atoms with Crippen molar-refractivity contribution in [2.24, 2.45) is 4.99 Å². The number of ether oxygens (including phenoxy) is 1. The number of halogens is 1. The highest BCUT2D eigenvalue weighted by atomic mass is 127. The summed E-state index contributed by atoms with van der Waals surface area (Å²) in [7, 11) is 0. The first-order chi connectivity index (χ1) is 12.8. The van der Waals surface area contributed by atoms with Gasteiger partial charge in [-0.15, -0.1) is 24.0 Å². The van der Waals surface area contributed by atoms with Crippen LogP contribution in [0.3, 0.4) is 0 Å². The Morgan fingerprint density at radius 1 is 1.18 bits per heavy atom. The Balaban J connectivity index is 0.00000392. The van der Waals surface area contributed by atoms with E-state index < -0.39 is 5.60 Å². The average Bonchev–Trinajstić information content (AvgIpc) is 3.26. The van der Waals surface area contributed by atoms with Gasteiger partial charge in [-0.25, -0.2) is 9.79 Å². The highest BCUT2D eigenvalue weighted by Crippen LogP contribution is 2.28. The molecule has 2 rings (SSSR count). The molecule has 2 aliphatic rings. The van der Waals surface area contributed by atoms with Gasteiger partial charge in [-0.3, -0.25) is 4.79 Å². The van der Waals surface area contributed by atoms with Crippen LogP contribution in [0.4, 0.5) is 4.79 Å². The number of rotatable bonds is 7. The quantitative estimate of drug-likeness (QED) is 0.312. The number of nitrogens with zero attached hydrogens (tertiary/aromatic N) is 3. The molecule has 1 saturated heterocycles. The molecular weight excluding hydrogens is 473 g/mol. The molecule has 9 heteroatoms. The summed E-state index contributed by atoms with van der Waals surface area (Å²) in [5.74, 6) is 0.669. The largest absolute Gasteiger partial charge is 0.444 e. The summed E-state index contributed by atoms with van der Waals surface area (Å²) in [6.07, 6.45) is 3.94. The van der Waals surface area contributed by atoms with Crippen LogP contribution >= 0.6 is 24.0 Å². The molecular formula is C19H36IN5O3. The summed E-state index contributed by atoms with van der Waals surface area (Å²) in [6, 6.07) is 0.276. The van der Waals surface area contributed by atoms with Gasteiger partial charge in [0.15, 0.2) is 5.96 Å². The van der Waals surface area contributed by atoms with Crippen molar-refractivity contribution >= 4 is 41.9 Å². The van der Waals surface area contributed by atoms with Crippen molar-refractivity contribution in [1.29, 1.82) is 0 Å². The van der Waals surface area contributed by atoms with E-state index in [4.69, 9.17) is 4.74 Å². The Morgan fingerprint density at radius 2 is 1.82 bits per heavy atom. The summed E-state index contributed by atoms with van der Waals surface area (Å²) in [4.78, 5) is 32.6. The zero-order chi connectivity index (χ0) is 19.9. The second-order valence-electron chi connectivity index (χ2n) is 8.11. The third-order valence-electron chi connectivity index (χ3n) is 4.44. The monoisotopic (exact) mass is 509 g/mol. The summed E-state index contributed by atoms with van der Waals surface area (Å²) < 4.78 is 5.51. The molecule has 0 aromatic rings. The van der Waals surface area contributed by atoms with Crippen molar-refractivity contribution in [3.63, 3.8) is 0 Å². The zero-order valence-electron chi connectivity index (χ0n) is 17.6. The summed E-state index contributed by atoms with van der Waals surface area (Å²) >= 11 is 0. The summed E-state index contributed by atoms with van der Waals surface area (Å²) in [6.45, 7) is 11.2. The lowest BCUT2D eigenvalue weighted by Gasteiger charge is -2.27. The van der Waals surface area contributed by atoms with Crippen molar-refractivity contribution in [2.45, 2.75) is 65.0 Å². The van der Waals surface area contributed by atoms with Crippen LogP contribution in [-0.4, -0.2) is 78.7 Å². The highest BCUT2D eigenvalue weighted by Gasteiger charge is 2.34. The van der Waals surface area contributed by atoms with E-state index in [1.807, 2.05) is 32.6 Å². The first-order valence-corrected chi connectivity index (χ1v) is 10.1. The highest BCUT2D eigenvalue weighted by molar-refractivity contribution is 14.0. The number of carbonyl (C=O) groups is 2. The molecule has 0 radical (unpaired) electrons. The maximum Gasteiger partial charge on any atom is 0.410 e. The minimum atomic E-state index is -0.496. The maximum absolute atomic E-state index is 12.4. The van der Waals surface area contributed by atoms with E-state index in [1.54, 1.807) is 4.90 Å². The number of aliphatic imine (C=N–C) groups is 1.